The van der Waals surface area contributed by atoms with Crippen LogP contribution in [0.3, 0.4) is 0 Å². The molecule has 0 amide bonds. The van der Waals surface area contributed by atoms with Crippen LogP contribution in [0.4, 0.5) is 11.5 Å². The zero-order valence-corrected chi connectivity index (χ0v) is 13.6. The van der Waals surface area contributed by atoms with Gasteiger partial charge in [0.05, 0.1) is 16.9 Å². The van der Waals surface area contributed by atoms with Crippen LogP contribution in [0.15, 0.2) is 46.3 Å². The summed E-state index contributed by atoms with van der Waals surface area (Å²) in [4.78, 5) is 15.8. The molecule has 2 rings (SSSR count). The molecule has 0 aliphatic carbocycles. The highest BCUT2D eigenvalue weighted by Gasteiger charge is 2.30. The number of hydrogen-bond donors (Lipinski definition) is 0. The molecule has 1 heterocycles. The highest BCUT2D eigenvalue weighted by atomic mass is 32.2. The number of nitro groups is 1. The summed E-state index contributed by atoms with van der Waals surface area (Å²) in [5.74, 6) is 0.788. The topological polar surface area (TPSA) is 103 Å². The summed E-state index contributed by atoms with van der Waals surface area (Å²) in [6.07, 6.45) is 0. The van der Waals surface area contributed by atoms with Crippen LogP contribution in [0, 0.1) is 10.1 Å². The van der Waals surface area contributed by atoms with Crippen molar-refractivity contribution in [3.05, 3.63) is 46.5 Å². The number of rotatable bonds is 5. The Bertz CT molecular complexity index is 832. The molecule has 0 aliphatic rings. The van der Waals surface area contributed by atoms with E-state index in [4.69, 9.17) is 4.74 Å². The molecule has 0 saturated heterocycles. The average molecular weight is 337 g/mol. The van der Waals surface area contributed by atoms with Crippen LogP contribution in [0.2, 0.25) is 0 Å². The molecule has 23 heavy (non-hydrogen) atoms. The van der Waals surface area contributed by atoms with Gasteiger partial charge in [0.1, 0.15) is 11.6 Å². The maximum absolute atomic E-state index is 12.7. The number of ether oxygens (including phenoxy) is 1. The summed E-state index contributed by atoms with van der Waals surface area (Å²) in [6, 6.07) is 8.11. The first kappa shape index (κ1) is 16.7. The van der Waals surface area contributed by atoms with Crippen molar-refractivity contribution in [2.45, 2.75) is 9.92 Å². The van der Waals surface area contributed by atoms with Gasteiger partial charge in [0.15, 0.2) is 0 Å². The zero-order chi connectivity index (χ0) is 17.2. The van der Waals surface area contributed by atoms with Gasteiger partial charge >= 0.3 is 5.69 Å². The van der Waals surface area contributed by atoms with Crippen molar-refractivity contribution in [2.24, 2.45) is 0 Å². The molecular formula is C14H15N3O5S. The van der Waals surface area contributed by atoms with Gasteiger partial charge in [-0.05, 0) is 30.3 Å². The molecule has 0 N–H and O–H groups in total. The summed E-state index contributed by atoms with van der Waals surface area (Å²) in [7, 11) is 0.653. The quantitative estimate of drug-likeness (QED) is 0.606. The van der Waals surface area contributed by atoms with E-state index in [1.807, 2.05) is 0 Å². The van der Waals surface area contributed by atoms with E-state index in [1.54, 1.807) is 19.0 Å². The van der Waals surface area contributed by atoms with Gasteiger partial charge in [-0.1, -0.05) is 0 Å². The molecule has 0 bridgehead atoms. The van der Waals surface area contributed by atoms with Crippen LogP contribution >= 0.6 is 0 Å². The monoisotopic (exact) mass is 337 g/mol. The lowest BCUT2D eigenvalue weighted by atomic mass is 10.3. The van der Waals surface area contributed by atoms with Crippen LogP contribution in [0.25, 0.3) is 0 Å². The number of aromatic nitrogens is 1. The molecule has 0 spiro atoms. The summed E-state index contributed by atoms with van der Waals surface area (Å²) in [5.41, 5.74) is -0.564. The number of methoxy groups -OCH3 is 1. The Labute approximate surface area is 133 Å². The highest BCUT2D eigenvalue weighted by Crippen LogP contribution is 2.30. The number of benzene rings is 1. The maximum Gasteiger partial charge on any atom is 0.307 e. The lowest BCUT2D eigenvalue weighted by Gasteiger charge is -2.13. The van der Waals surface area contributed by atoms with Gasteiger partial charge in [0.25, 0.3) is 0 Å². The van der Waals surface area contributed by atoms with Gasteiger partial charge in [-0.25, -0.2) is 13.4 Å². The second kappa shape index (κ2) is 6.21. The largest absolute Gasteiger partial charge is 0.497 e. The van der Waals surface area contributed by atoms with E-state index in [0.717, 1.165) is 6.07 Å². The third kappa shape index (κ3) is 3.24. The summed E-state index contributed by atoms with van der Waals surface area (Å²) in [5, 5.41) is 10.6. The molecule has 9 heteroatoms. The van der Waals surface area contributed by atoms with Crippen LogP contribution in [-0.2, 0) is 9.84 Å². The lowest BCUT2D eigenvalue weighted by Crippen LogP contribution is -2.14. The van der Waals surface area contributed by atoms with Crippen molar-refractivity contribution in [3.63, 3.8) is 0 Å². The minimum absolute atomic E-state index is 0.0928. The molecule has 0 unspecified atom stereocenters. The Morgan fingerprint density at radius 3 is 2.22 bits per heavy atom. The van der Waals surface area contributed by atoms with Crippen molar-refractivity contribution in [3.8, 4) is 5.75 Å². The summed E-state index contributed by atoms with van der Waals surface area (Å²) >= 11 is 0. The third-order valence-electron chi connectivity index (χ3n) is 3.10. The van der Waals surface area contributed by atoms with Crippen molar-refractivity contribution in [1.29, 1.82) is 0 Å². The molecule has 122 valence electrons. The normalized spacial score (nSPS) is 11.1. The van der Waals surface area contributed by atoms with Gasteiger partial charge in [0, 0.05) is 20.2 Å². The SMILES string of the molecule is COc1ccc(S(=O)(=O)c2nc(N(C)C)ccc2[N+](=O)[O-])cc1. The fraction of sp³-hybridized carbons (Fsp3) is 0.214. The van der Waals surface area contributed by atoms with Gasteiger partial charge in [-0.15, -0.1) is 0 Å². The molecule has 0 radical (unpaired) electrons. The standard InChI is InChI=1S/C14H15N3O5S/c1-16(2)13-9-8-12(17(18)19)14(15-13)23(20,21)11-6-4-10(22-3)5-7-11/h4-9H,1-3H3. The van der Waals surface area contributed by atoms with E-state index in [2.05, 4.69) is 4.98 Å². The number of hydrogen-bond acceptors (Lipinski definition) is 7. The smallest absolute Gasteiger partial charge is 0.307 e. The van der Waals surface area contributed by atoms with Gasteiger partial charge < -0.3 is 9.64 Å². The molecule has 1 aromatic heterocycles. The Morgan fingerprint density at radius 2 is 1.74 bits per heavy atom. The molecule has 0 aliphatic heterocycles. The van der Waals surface area contributed by atoms with E-state index in [1.165, 1.54) is 37.4 Å². The predicted molar refractivity (Wildman–Crippen MR) is 83.7 cm³/mol. The second-order valence-electron chi connectivity index (χ2n) is 4.82. The van der Waals surface area contributed by atoms with Gasteiger partial charge in [-0.3, -0.25) is 10.1 Å². The van der Waals surface area contributed by atoms with E-state index in [0.29, 0.717) is 11.6 Å². The van der Waals surface area contributed by atoms with Crippen molar-refractivity contribution in [1.82, 2.24) is 4.98 Å². The predicted octanol–water partition coefficient (Wildman–Crippen LogP) is 1.90. The average Bonchev–Trinajstić information content (AvgIpc) is 2.54. The number of pyridine rings is 1. The molecule has 0 atom stereocenters. The van der Waals surface area contributed by atoms with E-state index < -0.39 is 25.5 Å². The fourth-order valence-electron chi connectivity index (χ4n) is 1.88. The summed E-state index contributed by atoms with van der Waals surface area (Å²) < 4.78 is 30.4. The number of anilines is 1. The third-order valence-corrected chi connectivity index (χ3v) is 4.81. The van der Waals surface area contributed by atoms with E-state index >= 15 is 0 Å². The molecule has 1 aromatic carbocycles. The Morgan fingerprint density at radius 1 is 1.13 bits per heavy atom. The van der Waals surface area contributed by atoms with Crippen LogP contribution in [0.1, 0.15) is 0 Å². The van der Waals surface area contributed by atoms with Crippen LogP contribution < -0.4 is 9.64 Å². The first-order valence-corrected chi connectivity index (χ1v) is 7.97. The Hall–Kier alpha value is -2.68. The first-order valence-electron chi connectivity index (χ1n) is 6.49. The molecule has 2 aromatic rings. The van der Waals surface area contributed by atoms with Crippen molar-refractivity contribution >= 4 is 21.3 Å². The van der Waals surface area contributed by atoms with Crippen LogP contribution in [0.5, 0.6) is 5.75 Å². The fourth-order valence-corrected chi connectivity index (χ4v) is 3.22. The van der Waals surface area contributed by atoms with Crippen molar-refractivity contribution in [2.75, 3.05) is 26.1 Å². The number of nitrogens with zero attached hydrogens (tertiary/aromatic N) is 3. The minimum Gasteiger partial charge on any atom is -0.497 e. The van der Waals surface area contributed by atoms with Gasteiger partial charge in [0.2, 0.25) is 14.9 Å². The van der Waals surface area contributed by atoms with Crippen molar-refractivity contribution < 1.29 is 18.1 Å². The molecule has 8 nitrogen and oxygen atoms in total. The molecular weight excluding hydrogens is 322 g/mol. The maximum atomic E-state index is 12.7. The first-order chi connectivity index (χ1) is 10.8. The Kier molecular flexibility index (Phi) is 4.50. The van der Waals surface area contributed by atoms with E-state index in [9.17, 15) is 18.5 Å². The molecule has 0 fully saturated rings. The van der Waals surface area contributed by atoms with E-state index in [-0.39, 0.29) is 4.90 Å². The highest BCUT2D eigenvalue weighted by molar-refractivity contribution is 7.91. The summed E-state index contributed by atoms with van der Waals surface area (Å²) in [6.45, 7) is 0. The number of sulfone groups is 1. The van der Waals surface area contributed by atoms with Crippen LogP contribution in [-0.4, -0.2) is 39.5 Å². The Balaban J connectivity index is 2.65. The second-order valence-corrected chi connectivity index (χ2v) is 6.69. The minimum atomic E-state index is -4.13. The molecule has 0 saturated carbocycles. The zero-order valence-electron chi connectivity index (χ0n) is 12.8. The van der Waals surface area contributed by atoms with Gasteiger partial charge in [-0.2, -0.15) is 0 Å². The lowest BCUT2D eigenvalue weighted by molar-refractivity contribution is -0.388.